The standard InChI is InChI=1S/C13H23N5O2/c1-19-11(20-2)10-6-7-14-12-15-13(16-18(10)12)17-8-4-3-5-9-17/h10-11H,3-9H2,1-2H3,(H,14,15,16). The second-order valence-electron chi connectivity index (χ2n) is 5.35. The van der Waals surface area contributed by atoms with Crippen LogP contribution in [0.25, 0.3) is 0 Å². The summed E-state index contributed by atoms with van der Waals surface area (Å²) >= 11 is 0. The molecule has 2 aliphatic rings. The Kier molecular flexibility index (Phi) is 4.07. The van der Waals surface area contributed by atoms with E-state index >= 15 is 0 Å². The Balaban J connectivity index is 1.84. The zero-order valence-corrected chi connectivity index (χ0v) is 12.2. The molecule has 7 heteroatoms. The van der Waals surface area contributed by atoms with Gasteiger partial charge in [0.25, 0.3) is 0 Å². The highest BCUT2D eigenvalue weighted by Crippen LogP contribution is 2.29. The molecule has 3 heterocycles. The van der Waals surface area contributed by atoms with E-state index in [0.717, 1.165) is 38.0 Å². The zero-order valence-electron chi connectivity index (χ0n) is 12.2. The van der Waals surface area contributed by atoms with Crippen molar-refractivity contribution in [2.45, 2.75) is 38.0 Å². The molecular weight excluding hydrogens is 258 g/mol. The highest BCUT2D eigenvalue weighted by molar-refractivity contribution is 5.39. The monoisotopic (exact) mass is 281 g/mol. The Labute approximate surface area is 119 Å². The maximum atomic E-state index is 5.40. The molecule has 2 aliphatic heterocycles. The van der Waals surface area contributed by atoms with Gasteiger partial charge in [-0.1, -0.05) is 0 Å². The summed E-state index contributed by atoms with van der Waals surface area (Å²) in [6.07, 6.45) is 4.38. The highest BCUT2D eigenvalue weighted by atomic mass is 16.7. The molecule has 0 amide bonds. The van der Waals surface area contributed by atoms with Crippen molar-refractivity contribution in [1.29, 1.82) is 0 Å². The summed E-state index contributed by atoms with van der Waals surface area (Å²) in [6.45, 7) is 2.96. The second kappa shape index (κ2) is 5.97. The summed E-state index contributed by atoms with van der Waals surface area (Å²) in [5.41, 5.74) is 0. The summed E-state index contributed by atoms with van der Waals surface area (Å²) in [7, 11) is 3.33. The molecule has 0 radical (unpaired) electrons. The van der Waals surface area contributed by atoms with Crippen molar-refractivity contribution in [2.24, 2.45) is 0 Å². The topological polar surface area (TPSA) is 64.4 Å². The first-order valence-corrected chi connectivity index (χ1v) is 7.34. The molecule has 1 atom stereocenters. The number of ether oxygens (including phenoxy) is 2. The molecule has 1 aromatic heterocycles. The molecule has 1 fully saturated rings. The first-order chi connectivity index (χ1) is 9.83. The van der Waals surface area contributed by atoms with Gasteiger partial charge in [-0.3, -0.25) is 0 Å². The SMILES string of the molecule is COC(OC)C1CCNc2nc(N3CCCCC3)nn21. The smallest absolute Gasteiger partial charge is 0.246 e. The van der Waals surface area contributed by atoms with Gasteiger partial charge in [-0.25, -0.2) is 4.68 Å². The van der Waals surface area contributed by atoms with Crippen molar-refractivity contribution in [2.75, 3.05) is 44.1 Å². The van der Waals surface area contributed by atoms with E-state index in [-0.39, 0.29) is 12.3 Å². The van der Waals surface area contributed by atoms with Crippen molar-refractivity contribution in [3.63, 3.8) is 0 Å². The Morgan fingerprint density at radius 3 is 2.65 bits per heavy atom. The van der Waals surface area contributed by atoms with Crippen LogP contribution < -0.4 is 10.2 Å². The number of aromatic nitrogens is 3. The molecule has 1 aromatic rings. The number of hydrogen-bond donors (Lipinski definition) is 1. The van der Waals surface area contributed by atoms with Gasteiger partial charge in [0.05, 0.1) is 0 Å². The number of nitrogens with zero attached hydrogens (tertiary/aromatic N) is 4. The van der Waals surface area contributed by atoms with Gasteiger partial charge < -0.3 is 19.7 Å². The number of rotatable bonds is 4. The molecule has 3 rings (SSSR count). The van der Waals surface area contributed by atoms with Gasteiger partial charge in [-0.05, 0) is 25.7 Å². The van der Waals surface area contributed by atoms with Gasteiger partial charge >= 0.3 is 0 Å². The third-order valence-corrected chi connectivity index (χ3v) is 4.08. The molecule has 1 N–H and O–H groups in total. The summed E-state index contributed by atoms with van der Waals surface area (Å²) in [5.74, 6) is 1.64. The summed E-state index contributed by atoms with van der Waals surface area (Å²) in [5, 5.41) is 7.99. The third-order valence-electron chi connectivity index (χ3n) is 4.08. The Hall–Kier alpha value is -1.34. The number of anilines is 2. The predicted molar refractivity (Wildman–Crippen MR) is 76.0 cm³/mol. The van der Waals surface area contributed by atoms with E-state index in [1.807, 2.05) is 4.68 Å². The lowest BCUT2D eigenvalue weighted by Crippen LogP contribution is -2.34. The molecule has 20 heavy (non-hydrogen) atoms. The third kappa shape index (κ3) is 2.47. The van der Waals surface area contributed by atoms with Crippen LogP contribution in [0.5, 0.6) is 0 Å². The van der Waals surface area contributed by atoms with E-state index in [9.17, 15) is 0 Å². The van der Waals surface area contributed by atoms with Gasteiger partial charge in [0.1, 0.15) is 6.04 Å². The van der Waals surface area contributed by atoms with E-state index in [1.54, 1.807) is 14.2 Å². The molecule has 0 aliphatic carbocycles. The van der Waals surface area contributed by atoms with Crippen LogP contribution in [0.3, 0.4) is 0 Å². The number of methoxy groups -OCH3 is 2. The minimum Gasteiger partial charge on any atom is -0.354 e. The Morgan fingerprint density at radius 1 is 1.20 bits per heavy atom. The van der Waals surface area contributed by atoms with Crippen LogP contribution in [0.15, 0.2) is 0 Å². The minimum absolute atomic E-state index is 0.0762. The summed E-state index contributed by atoms with van der Waals surface area (Å²) < 4.78 is 12.7. The average Bonchev–Trinajstić information content (AvgIpc) is 2.94. The molecule has 1 saturated heterocycles. The van der Waals surface area contributed by atoms with Crippen LogP contribution in [0.4, 0.5) is 11.9 Å². The normalized spacial score (nSPS) is 22.8. The first kappa shape index (κ1) is 13.6. The van der Waals surface area contributed by atoms with Crippen LogP contribution in [-0.4, -0.2) is 54.9 Å². The fourth-order valence-electron chi connectivity index (χ4n) is 3.01. The van der Waals surface area contributed by atoms with Crippen LogP contribution in [0, 0.1) is 0 Å². The first-order valence-electron chi connectivity index (χ1n) is 7.34. The van der Waals surface area contributed by atoms with E-state index in [4.69, 9.17) is 9.47 Å². The fraction of sp³-hybridized carbons (Fsp3) is 0.846. The molecule has 112 valence electrons. The number of nitrogens with one attached hydrogen (secondary N) is 1. The van der Waals surface area contributed by atoms with Gasteiger partial charge in [0, 0.05) is 33.9 Å². The van der Waals surface area contributed by atoms with Crippen molar-refractivity contribution in [3.8, 4) is 0 Å². The Bertz CT molecular complexity index is 440. The molecule has 0 aromatic carbocycles. The van der Waals surface area contributed by atoms with Crippen molar-refractivity contribution < 1.29 is 9.47 Å². The summed E-state index contributed by atoms with van der Waals surface area (Å²) in [6, 6.07) is 0.0762. The van der Waals surface area contributed by atoms with Gasteiger partial charge in [0.15, 0.2) is 6.29 Å². The van der Waals surface area contributed by atoms with Crippen LogP contribution in [-0.2, 0) is 9.47 Å². The molecule has 7 nitrogen and oxygen atoms in total. The lowest BCUT2D eigenvalue weighted by atomic mass is 10.1. The summed E-state index contributed by atoms with van der Waals surface area (Å²) in [4.78, 5) is 6.90. The molecule has 1 unspecified atom stereocenters. The van der Waals surface area contributed by atoms with Gasteiger partial charge in [-0.15, -0.1) is 5.10 Å². The number of fused-ring (bicyclic) bond motifs is 1. The van der Waals surface area contributed by atoms with E-state index in [2.05, 4.69) is 20.3 Å². The lowest BCUT2D eigenvalue weighted by molar-refractivity contribution is -0.135. The maximum absolute atomic E-state index is 5.40. The van der Waals surface area contributed by atoms with E-state index in [0.29, 0.717) is 0 Å². The largest absolute Gasteiger partial charge is 0.354 e. The number of piperidine rings is 1. The van der Waals surface area contributed by atoms with E-state index < -0.39 is 0 Å². The highest BCUT2D eigenvalue weighted by Gasteiger charge is 2.31. The quantitative estimate of drug-likeness (QED) is 0.838. The molecule has 0 saturated carbocycles. The van der Waals surface area contributed by atoms with Crippen molar-refractivity contribution in [3.05, 3.63) is 0 Å². The van der Waals surface area contributed by atoms with Crippen molar-refractivity contribution >= 4 is 11.9 Å². The zero-order chi connectivity index (χ0) is 13.9. The van der Waals surface area contributed by atoms with Crippen LogP contribution >= 0.6 is 0 Å². The molecular formula is C13H23N5O2. The average molecular weight is 281 g/mol. The predicted octanol–water partition coefficient (Wildman–Crippen LogP) is 1.24. The molecule has 0 spiro atoms. The Morgan fingerprint density at radius 2 is 1.95 bits per heavy atom. The van der Waals surface area contributed by atoms with E-state index in [1.165, 1.54) is 19.3 Å². The lowest BCUT2D eigenvalue weighted by Gasteiger charge is -2.29. The number of hydrogen-bond acceptors (Lipinski definition) is 6. The minimum atomic E-state index is -0.285. The van der Waals surface area contributed by atoms with Crippen LogP contribution in [0.2, 0.25) is 0 Å². The maximum Gasteiger partial charge on any atom is 0.246 e. The second-order valence-corrected chi connectivity index (χ2v) is 5.35. The fourth-order valence-corrected chi connectivity index (χ4v) is 3.01. The van der Waals surface area contributed by atoms with Gasteiger partial charge in [0.2, 0.25) is 11.9 Å². The molecule has 0 bridgehead atoms. The van der Waals surface area contributed by atoms with Crippen molar-refractivity contribution in [1.82, 2.24) is 14.8 Å². The van der Waals surface area contributed by atoms with Crippen LogP contribution in [0.1, 0.15) is 31.7 Å². The van der Waals surface area contributed by atoms with Gasteiger partial charge in [-0.2, -0.15) is 4.98 Å².